The molecule has 7 nitrogen and oxygen atoms in total. The topological polar surface area (TPSA) is 85.9 Å². The molecule has 0 unspecified atom stereocenters. The van der Waals surface area contributed by atoms with Crippen molar-refractivity contribution in [1.82, 2.24) is 14.8 Å². The zero-order valence-corrected chi connectivity index (χ0v) is 9.41. The number of pyridine rings is 1. The Morgan fingerprint density at radius 3 is 2.65 bits per heavy atom. The molecule has 0 aromatic carbocycles. The lowest BCUT2D eigenvalue weighted by atomic mass is 10.4. The minimum Gasteiger partial charge on any atom is -0.323 e. The Balaban J connectivity index is 2.16. The van der Waals surface area contributed by atoms with Gasteiger partial charge in [-0.3, -0.25) is 14.8 Å². The number of rotatable bonds is 3. The lowest BCUT2D eigenvalue weighted by molar-refractivity contribution is -0.385. The number of nitro groups is 1. The Hall–Kier alpha value is -2.44. The molecule has 0 aliphatic heterocycles. The second-order valence-electron chi connectivity index (χ2n) is 3.58. The number of aromatic nitrogens is 3. The van der Waals surface area contributed by atoms with Crippen molar-refractivity contribution < 1.29 is 4.92 Å². The number of hydrogen-bond acceptors (Lipinski definition) is 5. The van der Waals surface area contributed by atoms with Crippen molar-refractivity contribution in [1.29, 1.82) is 0 Å². The number of anilines is 2. The highest BCUT2D eigenvalue weighted by atomic mass is 16.6. The largest absolute Gasteiger partial charge is 0.323 e. The molecule has 88 valence electrons. The van der Waals surface area contributed by atoms with Crippen molar-refractivity contribution in [2.75, 3.05) is 5.32 Å². The summed E-state index contributed by atoms with van der Waals surface area (Å²) in [5.74, 6) is 1.18. The Morgan fingerprint density at radius 1 is 1.41 bits per heavy atom. The first-order chi connectivity index (χ1) is 8.06. The molecular formula is C10H11N5O2. The Kier molecular flexibility index (Phi) is 2.73. The Labute approximate surface area is 97.2 Å². The van der Waals surface area contributed by atoms with Crippen molar-refractivity contribution in [3.05, 3.63) is 40.2 Å². The fraction of sp³-hybridized carbons (Fsp3) is 0.200. The van der Waals surface area contributed by atoms with Crippen molar-refractivity contribution in [3.8, 4) is 0 Å². The van der Waals surface area contributed by atoms with Crippen LogP contribution in [0.1, 0.15) is 5.69 Å². The third kappa shape index (κ3) is 2.39. The van der Waals surface area contributed by atoms with Crippen LogP contribution in [0.25, 0.3) is 0 Å². The highest BCUT2D eigenvalue weighted by Crippen LogP contribution is 2.16. The third-order valence-corrected chi connectivity index (χ3v) is 2.33. The van der Waals surface area contributed by atoms with E-state index in [9.17, 15) is 10.1 Å². The van der Waals surface area contributed by atoms with Crippen LogP contribution in [0.2, 0.25) is 0 Å². The predicted molar refractivity (Wildman–Crippen MR) is 62.1 cm³/mol. The first-order valence-corrected chi connectivity index (χ1v) is 4.94. The van der Waals surface area contributed by atoms with E-state index in [1.54, 1.807) is 10.7 Å². The number of nitrogens with one attached hydrogen (secondary N) is 1. The van der Waals surface area contributed by atoms with Gasteiger partial charge in [-0.1, -0.05) is 0 Å². The molecule has 0 saturated heterocycles. The van der Waals surface area contributed by atoms with Crippen LogP contribution >= 0.6 is 0 Å². The molecule has 0 bridgehead atoms. The van der Waals surface area contributed by atoms with Crippen LogP contribution in [0, 0.1) is 17.0 Å². The van der Waals surface area contributed by atoms with E-state index in [4.69, 9.17) is 0 Å². The first-order valence-electron chi connectivity index (χ1n) is 4.94. The van der Waals surface area contributed by atoms with Crippen LogP contribution in [0.5, 0.6) is 0 Å². The van der Waals surface area contributed by atoms with E-state index in [2.05, 4.69) is 15.4 Å². The van der Waals surface area contributed by atoms with Crippen LogP contribution in [0.15, 0.2) is 24.4 Å². The van der Waals surface area contributed by atoms with E-state index in [0.29, 0.717) is 11.6 Å². The summed E-state index contributed by atoms with van der Waals surface area (Å²) in [6.07, 6.45) is 1.21. The van der Waals surface area contributed by atoms with Gasteiger partial charge in [0.15, 0.2) is 5.82 Å². The molecule has 2 aromatic heterocycles. The van der Waals surface area contributed by atoms with Crippen LogP contribution in [0.4, 0.5) is 17.3 Å². The van der Waals surface area contributed by atoms with Crippen molar-refractivity contribution in [2.24, 2.45) is 7.05 Å². The second kappa shape index (κ2) is 4.20. The van der Waals surface area contributed by atoms with E-state index in [-0.39, 0.29) is 5.69 Å². The number of nitrogens with zero attached hydrogens (tertiary/aromatic N) is 4. The molecule has 2 aromatic rings. The summed E-state index contributed by atoms with van der Waals surface area (Å²) in [5, 5.41) is 17.6. The molecule has 0 aliphatic carbocycles. The highest BCUT2D eigenvalue weighted by Gasteiger charge is 2.06. The molecule has 7 heteroatoms. The summed E-state index contributed by atoms with van der Waals surface area (Å²) in [4.78, 5) is 13.9. The van der Waals surface area contributed by atoms with Crippen LogP contribution in [-0.4, -0.2) is 19.7 Å². The maximum Gasteiger partial charge on any atom is 0.287 e. The van der Waals surface area contributed by atoms with Crippen LogP contribution in [0.3, 0.4) is 0 Å². The molecule has 0 fully saturated rings. The average molecular weight is 233 g/mol. The van der Waals surface area contributed by atoms with Gasteiger partial charge in [-0.05, 0) is 13.0 Å². The van der Waals surface area contributed by atoms with Gasteiger partial charge in [-0.25, -0.2) is 4.98 Å². The van der Waals surface area contributed by atoms with E-state index in [0.717, 1.165) is 5.69 Å². The third-order valence-electron chi connectivity index (χ3n) is 2.33. The molecule has 0 saturated carbocycles. The minimum atomic E-state index is -0.484. The van der Waals surface area contributed by atoms with E-state index in [1.807, 2.05) is 20.0 Å². The fourth-order valence-corrected chi connectivity index (χ4v) is 1.32. The van der Waals surface area contributed by atoms with Crippen molar-refractivity contribution in [3.63, 3.8) is 0 Å². The maximum absolute atomic E-state index is 10.4. The Morgan fingerprint density at radius 2 is 2.18 bits per heavy atom. The highest BCUT2D eigenvalue weighted by molar-refractivity contribution is 5.52. The summed E-state index contributed by atoms with van der Waals surface area (Å²) in [7, 11) is 1.84. The summed E-state index contributed by atoms with van der Waals surface area (Å²) in [6, 6.07) is 4.80. The molecule has 0 atom stereocenters. The van der Waals surface area contributed by atoms with Gasteiger partial charge in [-0.15, -0.1) is 0 Å². The summed E-state index contributed by atoms with van der Waals surface area (Å²) in [5.41, 5.74) is 0.974. The maximum atomic E-state index is 10.4. The normalized spacial score (nSPS) is 10.2. The second-order valence-corrected chi connectivity index (χ2v) is 3.58. The van der Waals surface area contributed by atoms with Gasteiger partial charge in [0, 0.05) is 24.9 Å². The first kappa shape index (κ1) is 11.1. The zero-order chi connectivity index (χ0) is 12.4. The van der Waals surface area contributed by atoms with Gasteiger partial charge in [0.2, 0.25) is 0 Å². The lowest BCUT2D eigenvalue weighted by Gasteiger charge is -2.00. The lowest BCUT2D eigenvalue weighted by Crippen LogP contribution is -1.97. The van der Waals surface area contributed by atoms with Gasteiger partial charge in [0.05, 0.1) is 4.92 Å². The van der Waals surface area contributed by atoms with Crippen molar-refractivity contribution in [2.45, 2.75) is 6.92 Å². The smallest absolute Gasteiger partial charge is 0.287 e. The molecular weight excluding hydrogens is 222 g/mol. The zero-order valence-electron chi connectivity index (χ0n) is 9.41. The quantitative estimate of drug-likeness (QED) is 0.645. The summed E-state index contributed by atoms with van der Waals surface area (Å²) >= 11 is 0. The Bertz CT molecular complexity index is 527. The molecule has 17 heavy (non-hydrogen) atoms. The fourth-order valence-electron chi connectivity index (χ4n) is 1.32. The monoisotopic (exact) mass is 233 g/mol. The van der Waals surface area contributed by atoms with E-state index >= 15 is 0 Å². The van der Waals surface area contributed by atoms with Gasteiger partial charge in [0.1, 0.15) is 12.0 Å². The van der Waals surface area contributed by atoms with E-state index in [1.165, 1.54) is 12.3 Å². The SMILES string of the molecule is Cc1cc(Nc2ccc([N+](=O)[O-])cn2)nn1C. The van der Waals surface area contributed by atoms with Gasteiger partial charge in [0.25, 0.3) is 5.69 Å². The molecule has 0 amide bonds. The average Bonchev–Trinajstić information content (AvgIpc) is 2.58. The van der Waals surface area contributed by atoms with Gasteiger partial charge >= 0.3 is 0 Å². The molecule has 0 spiro atoms. The number of hydrogen-bond donors (Lipinski definition) is 1. The molecule has 2 heterocycles. The van der Waals surface area contributed by atoms with Gasteiger partial charge in [-0.2, -0.15) is 5.10 Å². The minimum absolute atomic E-state index is 0.0345. The van der Waals surface area contributed by atoms with Gasteiger partial charge < -0.3 is 5.32 Å². The standard InChI is InChI=1S/C10H11N5O2/c1-7-5-10(13-14(7)2)12-9-4-3-8(6-11-9)15(16)17/h3-6H,1-2H3,(H,11,12,13). The summed E-state index contributed by atoms with van der Waals surface area (Å²) in [6.45, 7) is 1.93. The predicted octanol–water partition coefficient (Wildman–Crippen LogP) is 1.78. The molecule has 0 aliphatic rings. The molecule has 1 N–H and O–H groups in total. The van der Waals surface area contributed by atoms with Crippen molar-refractivity contribution >= 4 is 17.3 Å². The number of aryl methyl sites for hydroxylation is 2. The summed E-state index contributed by atoms with van der Waals surface area (Å²) < 4.78 is 1.73. The molecule has 0 radical (unpaired) electrons. The van der Waals surface area contributed by atoms with Crippen LogP contribution in [-0.2, 0) is 7.05 Å². The van der Waals surface area contributed by atoms with E-state index < -0.39 is 4.92 Å². The van der Waals surface area contributed by atoms with Crippen LogP contribution < -0.4 is 5.32 Å². The molecule has 2 rings (SSSR count).